The molecule has 0 spiro atoms. The summed E-state index contributed by atoms with van der Waals surface area (Å²) in [6.07, 6.45) is 1.15. The van der Waals surface area contributed by atoms with E-state index in [1.165, 1.54) is 19.2 Å². The number of nitro benzene ring substituents is 1. The second-order valence-corrected chi connectivity index (χ2v) is 5.61. The summed E-state index contributed by atoms with van der Waals surface area (Å²) < 4.78 is 10.8. The molecule has 0 saturated heterocycles. The summed E-state index contributed by atoms with van der Waals surface area (Å²) in [5.74, 6) is -0.602. The van der Waals surface area contributed by atoms with Crippen molar-refractivity contribution in [3.8, 4) is 11.3 Å². The van der Waals surface area contributed by atoms with E-state index < -0.39 is 10.9 Å². The van der Waals surface area contributed by atoms with Crippen LogP contribution in [0.4, 0.5) is 5.69 Å². The maximum absolute atomic E-state index is 11.5. The van der Waals surface area contributed by atoms with Crippen LogP contribution in [-0.2, 0) is 9.53 Å². The van der Waals surface area contributed by atoms with Crippen LogP contribution in [-0.4, -0.2) is 23.1 Å². The van der Waals surface area contributed by atoms with E-state index in [1.54, 1.807) is 24.3 Å². The second kappa shape index (κ2) is 6.72. The quantitative estimate of drug-likeness (QED) is 0.316. The Bertz CT molecular complexity index is 1030. The summed E-state index contributed by atoms with van der Waals surface area (Å²) in [7, 11) is 1.37. The number of fused-ring (bicyclic) bond motifs is 1. The smallest absolute Gasteiger partial charge is 0.339 e. The van der Waals surface area contributed by atoms with E-state index in [0.717, 1.165) is 17.2 Å². The first kappa shape index (κ1) is 17.2. The summed E-state index contributed by atoms with van der Waals surface area (Å²) in [6, 6.07) is 11.2. The van der Waals surface area contributed by atoms with Crippen molar-refractivity contribution in [2.24, 2.45) is 0 Å². The van der Waals surface area contributed by atoms with E-state index in [1.807, 2.05) is 13.0 Å². The minimum Gasteiger partial charge on any atom is -0.503 e. The lowest BCUT2D eigenvalue weighted by Crippen LogP contribution is -2.00. The number of furan rings is 1. The Labute approximate surface area is 148 Å². The fraction of sp³-hybridized carbons (Fsp3) is 0.105. The van der Waals surface area contributed by atoms with Crippen LogP contribution < -0.4 is 0 Å². The van der Waals surface area contributed by atoms with Crippen molar-refractivity contribution >= 4 is 28.2 Å². The number of rotatable bonds is 5. The highest BCUT2D eigenvalue weighted by molar-refractivity contribution is 6.18. The largest absolute Gasteiger partial charge is 0.503 e. The third-order valence-corrected chi connectivity index (χ3v) is 4.06. The van der Waals surface area contributed by atoms with E-state index in [-0.39, 0.29) is 11.3 Å². The molecule has 3 aromatic rings. The van der Waals surface area contributed by atoms with E-state index >= 15 is 0 Å². The Morgan fingerprint density at radius 2 is 1.92 bits per heavy atom. The number of aryl methyl sites for hydroxylation is 1. The predicted octanol–water partition coefficient (Wildman–Crippen LogP) is 4.39. The third-order valence-electron chi connectivity index (χ3n) is 4.06. The summed E-state index contributed by atoms with van der Waals surface area (Å²) in [5, 5.41) is 21.0. The van der Waals surface area contributed by atoms with Crippen molar-refractivity contribution in [2.75, 3.05) is 7.11 Å². The lowest BCUT2D eigenvalue weighted by Gasteiger charge is -2.03. The molecule has 0 bridgehead atoms. The number of nitro groups is 1. The number of para-hydroxylation sites is 1. The van der Waals surface area contributed by atoms with Gasteiger partial charge < -0.3 is 14.3 Å². The van der Waals surface area contributed by atoms with Crippen LogP contribution in [0.3, 0.4) is 0 Å². The molecule has 0 amide bonds. The molecule has 0 fully saturated rings. The maximum Gasteiger partial charge on any atom is 0.339 e. The molecular formula is C19H15NO6. The van der Waals surface area contributed by atoms with Gasteiger partial charge in [0.15, 0.2) is 0 Å². The molecule has 26 heavy (non-hydrogen) atoms. The van der Waals surface area contributed by atoms with Gasteiger partial charge in [0.25, 0.3) is 5.69 Å². The number of nitrogens with zero attached hydrogens (tertiary/aromatic N) is 1. The SMILES string of the molecule is COC=C(C(=O)O)c1cccc2c(C)c(-c3ccc([N+](=O)[O-])cc3)oc12. The van der Waals surface area contributed by atoms with Gasteiger partial charge in [0.05, 0.1) is 18.3 Å². The van der Waals surface area contributed by atoms with E-state index in [4.69, 9.17) is 9.15 Å². The number of hydrogen-bond acceptors (Lipinski definition) is 5. The van der Waals surface area contributed by atoms with Crippen molar-refractivity contribution < 1.29 is 24.0 Å². The van der Waals surface area contributed by atoms with Gasteiger partial charge in [-0.25, -0.2) is 4.79 Å². The van der Waals surface area contributed by atoms with Crippen molar-refractivity contribution in [3.05, 3.63) is 70.0 Å². The molecule has 1 N–H and O–H groups in total. The number of carbonyl (C=O) groups is 1. The van der Waals surface area contributed by atoms with E-state index in [2.05, 4.69) is 0 Å². The topological polar surface area (TPSA) is 103 Å². The van der Waals surface area contributed by atoms with E-state index in [9.17, 15) is 20.0 Å². The summed E-state index contributed by atoms with van der Waals surface area (Å²) in [5.41, 5.74) is 2.26. The first-order chi connectivity index (χ1) is 12.4. The van der Waals surface area contributed by atoms with Crippen LogP contribution in [0.15, 0.2) is 53.1 Å². The normalized spacial score (nSPS) is 11.5. The van der Waals surface area contributed by atoms with Crippen LogP contribution in [0.5, 0.6) is 0 Å². The third kappa shape index (κ3) is 2.90. The standard InChI is InChI=1S/C19H15NO6/c1-11-14-4-3-5-15(16(10-25-2)19(21)22)18(14)26-17(11)12-6-8-13(9-7-12)20(23)24/h3-10H,1-2H3,(H,21,22). The lowest BCUT2D eigenvalue weighted by molar-refractivity contribution is -0.384. The van der Waals surface area contributed by atoms with Gasteiger partial charge in [-0.1, -0.05) is 18.2 Å². The molecule has 3 rings (SSSR count). The molecule has 0 saturated carbocycles. The highest BCUT2D eigenvalue weighted by atomic mass is 16.6. The summed E-state index contributed by atoms with van der Waals surface area (Å²) in [4.78, 5) is 21.9. The summed E-state index contributed by atoms with van der Waals surface area (Å²) >= 11 is 0. The number of benzene rings is 2. The average molecular weight is 353 g/mol. The molecular weight excluding hydrogens is 338 g/mol. The van der Waals surface area contributed by atoms with Gasteiger partial charge in [0, 0.05) is 34.2 Å². The van der Waals surface area contributed by atoms with E-state index in [0.29, 0.717) is 22.5 Å². The molecule has 7 heteroatoms. The van der Waals surface area contributed by atoms with Crippen LogP contribution >= 0.6 is 0 Å². The number of hydrogen-bond donors (Lipinski definition) is 1. The fourth-order valence-electron chi connectivity index (χ4n) is 2.81. The van der Waals surface area contributed by atoms with Gasteiger partial charge in [-0.3, -0.25) is 10.1 Å². The Morgan fingerprint density at radius 1 is 1.23 bits per heavy atom. The number of methoxy groups -OCH3 is 1. The molecule has 2 aromatic carbocycles. The summed E-state index contributed by atoms with van der Waals surface area (Å²) in [6.45, 7) is 1.85. The van der Waals surface area contributed by atoms with Crippen LogP contribution in [0.2, 0.25) is 0 Å². The molecule has 7 nitrogen and oxygen atoms in total. The first-order valence-electron chi connectivity index (χ1n) is 7.67. The number of aliphatic carboxylic acids is 1. The molecule has 0 aliphatic carbocycles. The minimum atomic E-state index is -1.13. The number of ether oxygens (including phenoxy) is 1. The highest BCUT2D eigenvalue weighted by Gasteiger charge is 2.20. The zero-order chi connectivity index (χ0) is 18.8. The molecule has 0 unspecified atom stereocenters. The number of carboxylic acid groups (broad SMARTS) is 1. The van der Waals surface area contributed by atoms with Crippen LogP contribution in [0, 0.1) is 17.0 Å². The van der Waals surface area contributed by atoms with Crippen molar-refractivity contribution in [1.29, 1.82) is 0 Å². The van der Waals surface area contributed by atoms with Crippen molar-refractivity contribution in [3.63, 3.8) is 0 Å². The molecule has 132 valence electrons. The molecule has 0 atom stereocenters. The highest BCUT2D eigenvalue weighted by Crippen LogP contribution is 2.37. The van der Waals surface area contributed by atoms with Gasteiger partial charge >= 0.3 is 5.97 Å². The molecule has 0 aliphatic rings. The van der Waals surface area contributed by atoms with Gasteiger partial charge in [-0.15, -0.1) is 0 Å². The van der Waals surface area contributed by atoms with Crippen molar-refractivity contribution in [2.45, 2.75) is 6.92 Å². The Hall–Kier alpha value is -3.61. The van der Waals surface area contributed by atoms with Gasteiger partial charge in [0.1, 0.15) is 16.9 Å². The monoisotopic (exact) mass is 353 g/mol. The number of non-ortho nitro benzene ring substituents is 1. The first-order valence-corrected chi connectivity index (χ1v) is 7.67. The molecule has 1 aromatic heterocycles. The molecule has 0 radical (unpaired) electrons. The minimum absolute atomic E-state index is 0.0144. The molecule has 1 heterocycles. The van der Waals surface area contributed by atoms with Crippen LogP contribution in [0.1, 0.15) is 11.1 Å². The predicted molar refractivity (Wildman–Crippen MR) is 95.7 cm³/mol. The van der Waals surface area contributed by atoms with Gasteiger partial charge in [-0.2, -0.15) is 0 Å². The maximum atomic E-state index is 11.5. The van der Waals surface area contributed by atoms with Crippen molar-refractivity contribution in [1.82, 2.24) is 0 Å². The number of carboxylic acids is 1. The average Bonchev–Trinajstić information content (AvgIpc) is 2.97. The van der Waals surface area contributed by atoms with Gasteiger partial charge in [-0.05, 0) is 19.1 Å². The lowest BCUT2D eigenvalue weighted by atomic mass is 10.0. The zero-order valence-corrected chi connectivity index (χ0v) is 14.1. The Balaban J connectivity index is 2.19. The van der Waals surface area contributed by atoms with Crippen LogP contribution in [0.25, 0.3) is 27.9 Å². The second-order valence-electron chi connectivity index (χ2n) is 5.61. The van der Waals surface area contributed by atoms with Gasteiger partial charge in [0.2, 0.25) is 0 Å². The fourth-order valence-corrected chi connectivity index (χ4v) is 2.81. The molecule has 0 aliphatic heterocycles. The Morgan fingerprint density at radius 3 is 2.50 bits per heavy atom. The Kier molecular flexibility index (Phi) is 4.45. The zero-order valence-electron chi connectivity index (χ0n) is 14.1.